The third-order valence-electron chi connectivity index (χ3n) is 2.81. The number of hydrogen-bond acceptors (Lipinski definition) is 4. The van der Waals surface area contributed by atoms with Crippen LogP contribution >= 0.6 is 12.4 Å². The minimum Gasteiger partial charge on any atom is -0.326 e. The zero-order valence-electron chi connectivity index (χ0n) is 14.1. The van der Waals surface area contributed by atoms with E-state index in [0.717, 1.165) is 0 Å². The maximum absolute atomic E-state index is 12.3. The standard InChI is InChI=1S/C15H25N3O3S.ClH/c1-11(10-16-5)14(19)17-12-7-6-8-13(9-12)22(20,21)18-15(2,3)4;/h6-9,11,16,18H,10H2,1-5H3,(H,17,19);1H. The Balaban J connectivity index is 0.00000484. The third-order valence-corrected chi connectivity index (χ3v) is 4.57. The van der Waals surface area contributed by atoms with Crippen LogP contribution in [0.5, 0.6) is 0 Å². The van der Waals surface area contributed by atoms with Gasteiger partial charge < -0.3 is 10.6 Å². The van der Waals surface area contributed by atoms with Gasteiger partial charge in [-0.05, 0) is 46.0 Å². The first-order valence-corrected chi connectivity index (χ1v) is 8.63. The summed E-state index contributed by atoms with van der Waals surface area (Å²) in [6.45, 7) is 7.67. The molecule has 132 valence electrons. The Bertz CT molecular complexity index is 627. The largest absolute Gasteiger partial charge is 0.326 e. The molecule has 0 saturated carbocycles. The van der Waals surface area contributed by atoms with Crippen molar-refractivity contribution in [1.29, 1.82) is 0 Å². The van der Waals surface area contributed by atoms with Crippen molar-refractivity contribution >= 4 is 34.0 Å². The van der Waals surface area contributed by atoms with Gasteiger partial charge in [0.1, 0.15) is 0 Å². The van der Waals surface area contributed by atoms with Gasteiger partial charge in [0.25, 0.3) is 0 Å². The smallest absolute Gasteiger partial charge is 0.241 e. The molecule has 23 heavy (non-hydrogen) atoms. The second-order valence-corrected chi connectivity index (χ2v) is 8.01. The number of halogens is 1. The van der Waals surface area contributed by atoms with E-state index in [1.54, 1.807) is 46.9 Å². The first-order valence-electron chi connectivity index (χ1n) is 7.14. The molecule has 1 aromatic carbocycles. The van der Waals surface area contributed by atoms with Gasteiger partial charge in [0.15, 0.2) is 0 Å². The molecule has 1 aromatic rings. The molecule has 0 radical (unpaired) electrons. The van der Waals surface area contributed by atoms with E-state index in [4.69, 9.17) is 0 Å². The molecular formula is C15H26ClN3O3S. The maximum atomic E-state index is 12.3. The van der Waals surface area contributed by atoms with Crippen LogP contribution in [0.25, 0.3) is 0 Å². The molecule has 6 nitrogen and oxygen atoms in total. The van der Waals surface area contributed by atoms with Crippen LogP contribution in [0.1, 0.15) is 27.7 Å². The second kappa shape index (κ2) is 8.63. The predicted molar refractivity (Wildman–Crippen MR) is 95.5 cm³/mol. The van der Waals surface area contributed by atoms with Gasteiger partial charge in [0.05, 0.1) is 4.90 Å². The lowest BCUT2D eigenvalue weighted by molar-refractivity contribution is -0.119. The van der Waals surface area contributed by atoms with Gasteiger partial charge in [-0.3, -0.25) is 4.79 Å². The van der Waals surface area contributed by atoms with Crippen molar-refractivity contribution in [3.05, 3.63) is 24.3 Å². The molecule has 1 amide bonds. The molecule has 0 aliphatic heterocycles. The van der Waals surface area contributed by atoms with Gasteiger partial charge >= 0.3 is 0 Å². The highest BCUT2D eigenvalue weighted by molar-refractivity contribution is 7.89. The Hall–Kier alpha value is -1.15. The number of carbonyl (C=O) groups is 1. The molecule has 0 bridgehead atoms. The Kier molecular flexibility index (Phi) is 8.20. The highest BCUT2D eigenvalue weighted by Gasteiger charge is 2.22. The van der Waals surface area contributed by atoms with Crippen LogP contribution in [-0.4, -0.2) is 33.5 Å². The molecule has 0 aromatic heterocycles. The summed E-state index contributed by atoms with van der Waals surface area (Å²) in [4.78, 5) is 12.1. The molecule has 0 aliphatic carbocycles. The Morgan fingerprint density at radius 3 is 2.39 bits per heavy atom. The maximum Gasteiger partial charge on any atom is 0.241 e. The lowest BCUT2D eigenvalue weighted by Gasteiger charge is -2.20. The van der Waals surface area contributed by atoms with Gasteiger partial charge in [-0.15, -0.1) is 12.4 Å². The number of benzene rings is 1. The fraction of sp³-hybridized carbons (Fsp3) is 0.533. The van der Waals surface area contributed by atoms with Gasteiger partial charge in [0.2, 0.25) is 15.9 Å². The topological polar surface area (TPSA) is 87.3 Å². The molecule has 0 aliphatic rings. The number of anilines is 1. The fourth-order valence-corrected chi connectivity index (χ4v) is 3.33. The van der Waals surface area contributed by atoms with E-state index >= 15 is 0 Å². The van der Waals surface area contributed by atoms with Crippen molar-refractivity contribution < 1.29 is 13.2 Å². The Morgan fingerprint density at radius 1 is 1.26 bits per heavy atom. The van der Waals surface area contributed by atoms with Crippen molar-refractivity contribution in [2.45, 2.75) is 38.1 Å². The van der Waals surface area contributed by atoms with Crippen LogP contribution in [0, 0.1) is 5.92 Å². The van der Waals surface area contributed by atoms with E-state index in [0.29, 0.717) is 12.2 Å². The summed E-state index contributed by atoms with van der Waals surface area (Å²) in [6.07, 6.45) is 0. The minimum absolute atomic E-state index is 0. The highest BCUT2D eigenvalue weighted by Crippen LogP contribution is 2.18. The van der Waals surface area contributed by atoms with Gasteiger partial charge in [-0.25, -0.2) is 13.1 Å². The van der Waals surface area contributed by atoms with Gasteiger partial charge in [-0.1, -0.05) is 13.0 Å². The summed E-state index contributed by atoms with van der Waals surface area (Å²) in [6, 6.07) is 6.23. The average molecular weight is 364 g/mol. The Labute approximate surface area is 144 Å². The van der Waals surface area contributed by atoms with E-state index in [1.807, 2.05) is 0 Å². The molecule has 0 saturated heterocycles. The molecule has 0 heterocycles. The lowest BCUT2D eigenvalue weighted by atomic mass is 10.1. The van der Waals surface area contributed by atoms with Crippen molar-refractivity contribution in [2.75, 3.05) is 18.9 Å². The highest BCUT2D eigenvalue weighted by atomic mass is 35.5. The van der Waals surface area contributed by atoms with Crippen LogP contribution in [0.3, 0.4) is 0 Å². The predicted octanol–water partition coefficient (Wildman–Crippen LogP) is 1.98. The third kappa shape index (κ3) is 7.30. The van der Waals surface area contributed by atoms with Crippen molar-refractivity contribution in [2.24, 2.45) is 5.92 Å². The monoisotopic (exact) mass is 363 g/mol. The number of nitrogens with one attached hydrogen (secondary N) is 3. The molecule has 0 spiro atoms. The quantitative estimate of drug-likeness (QED) is 0.721. The van der Waals surface area contributed by atoms with Crippen LogP contribution in [0.15, 0.2) is 29.2 Å². The lowest BCUT2D eigenvalue weighted by Crippen LogP contribution is -2.40. The summed E-state index contributed by atoms with van der Waals surface area (Å²) in [5, 5.41) is 5.66. The van der Waals surface area contributed by atoms with E-state index in [9.17, 15) is 13.2 Å². The number of hydrogen-bond donors (Lipinski definition) is 3. The number of amides is 1. The van der Waals surface area contributed by atoms with Crippen LogP contribution in [-0.2, 0) is 14.8 Å². The summed E-state index contributed by atoms with van der Waals surface area (Å²) < 4.78 is 27.2. The zero-order valence-corrected chi connectivity index (χ0v) is 15.8. The van der Waals surface area contributed by atoms with E-state index < -0.39 is 15.6 Å². The zero-order chi connectivity index (χ0) is 17.0. The summed E-state index contributed by atoms with van der Waals surface area (Å²) in [5.41, 5.74) is -0.107. The molecule has 0 fully saturated rings. The van der Waals surface area contributed by atoms with Crippen molar-refractivity contribution in [1.82, 2.24) is 10.0 Å². The van der Waals surface area contributed by atoms with Gasteiger partial charge in [0, 0.05) is 23.7 Å². The minimum atomic E-state index is -3.62. The Morgan fingerprint density at radius 2 is 1.87 bits per heavy atom. The van der Waals surface area contributed by atoms with Gasteiger partial charge in [-0.2, -0.15) is 0 Å². The summed E-state index contributed by atoms with van der Waals surface area (Å²) in [7, 11) is -1.85. The second-order valence-electron chi connectivity index (χ2n) is 6.33. The van der Waals surface area contributed by atoms with Crippen LogP contribution in [0.2, 0.25) is 0 Å². The van der Waals surface area contributed by atoms with Crippen LogP contribution in [0.4, 0.5) is 5.69 Å². The number of sulfonamides is 1. The summed E-state index contributed by atoms with van der Waals surface area (Å²) in [5.74, 6) is -0.370. The molecule has 1 unspecified atom stereocenters. The number of rotatable bonds is 6. The molecule has 3 N–H and O–H groups in total. The summed E-state index contributed by atoms with van der Waals surface area (Å²) >= 11 is 0. The molecule has 8 heteroatoms. The normalized spacial score (nSPS) is 13.1. The first kappa shape index (κ1) is 21.9. The van der Waals surface area contributed by atoms with E-state index in [1.165, 1.54) is 12.1 Å². The van der Waals surface area contributed by atoms with E-state index in [2.05, 4.69) is 15.4 Å². The number of carbonyl (C=O) groups excluding carboxylic acids is 1. The van der Waals surface area contributed by atoms with Crippen molar-refractivity contribution in [3.63, 3.8) is 0 Å². The molecule has 1 atom stereocenters. The molecule has 1 rings (SSSR count). The fourth-order valence-electron chi connectivity index (χ4n) is 1.87. The SMILES string of the molecule is CNCC(C)C(=O)Nc1cccc(S(=O)(=O)NC(C)(C)C)c1.Cl. The average Bonchev–Trinajstić information content (AvgIpc) is 2.36. The first-order chi connectivity index (χ1) is 10.0. The van der Waals surface area contributed by atoms with Crippen molar-refractivity contribution in [3.8, 4) is 0 Å². The van der Waals surface area contributed by atoms with E-state index in [-0.39, 0.29) is 29.1 Å². The molecular weight excluding hydrogens is 338 g/mol. The van der Waals surface area contributed by atoms with Crippen LogP contribution < -0.4 is 15.4 Å².